The molecule has 0 radical (unpaired) electrons. The summed E-state index contributed by atoms with van der Waals surface area (Å²) in [5.41, 5.74) is 4.78. The lowest BCUT2D eigenvalue weighted by Crippen LogP contribution is -2.27. The molecule has 35 heavy (non-hydrogen) atoms. The quantitative estimate of drug-likeness (QED) is 0.338. The van der Waals surface area contributed by atoms with Gasteiger partial charge in [0.25, 0.3) is 5.91 Å². The van der Waals surface area contributed by atoms with Crippen molar-refractivity contribution in [3.8, 4) is 17.3 Å². The van der Waals surface area contributed by atoms with Gasteiger partial charge in [0.05, 0.1) is 36.6 Å². The number of ether oxygens (including phenoxy) is 1. The first-order valence-electron chi connectivity index (χ1n) is 11.9. The van der Waals surface area contributed by atoms with Gasteiger partial charge < -0.3 is 14.2 Å². The van der Waals surface area contributed by atoms with Gasteiger partial charge >= 0.3 is 0 Å². The van der Waals surface area contributed by atoms with Gasteiger partial charge in [0.1, 0.15) is 11.6 Å². The fourth-order valence-corrected chi connectivity index (χ4v) is 4.93. The number of benzene rings is 3. The van der Waals surface area contributed by atoms with Crippen LogP contribution in [0.4, 0.5) is 0 Å². The Kier molecular flexibility index (Phi) is 5.14. The number of amides is 1. The molecule has 1 amide bonds. The molecular formula is C29H26N4O2. The number of hydrogen-bond donors (Lipinski definition) is 0. The fourth-order valence-electron chi connectivity index (χ4n) is 4.93. The minimum Gasteiger partial charge on any atom is -0.493 e. The molecular weight excluding hydrogens is 436 g/mol. The third-order valence-corrected chi connectivity index (χ3v) is 6.52. The summed E-state index contributed by atoms with van der Waals surface area (Å²) in [7, 11) is 0. The van der Waals surface area contributed by atoms with E-state index in [0.29, 0.717) is 31.0 Å². The topological polar surface area (TPSA) is 52.3 Å². The highest BCUT2D eigenvalue weighted by Gasteiger charge is 2.33. The van der Waals surface area contributed by atoms with E-state index in [-0.39, 0.29) is 5.91 Å². The zero-order chi connectivity index (χ0) is 23.9. The van der Waals surface area contributed by atoms with Gasteiger partial charge in [-0.3, -0.25) is 4.79 Å². The van der Waals surface area contributed by atoms with Crippen LogP contribution in [0.5, 0.6) is 5.75 Å². The number of carbonyl (C=O) groups excluding carboxylic acids is 1. The summed E-state index contributed by atoms with van der Waals surface area (Å²) in [5.74, 6) is 1.55. The van der Waals surface area contributed by atoms with E-state index in [4.69, 9.17) is 9.84 Å². The molecule has 0 unspecified atom stereocenters. The molecule has 6 heteroatoms. The first-order chi connectivity index (χ1) is 17.1. The molecule has 0 atom stereocenters. The molecule has 0 saturated carbocycles. The number of fused-ring (bicyclic) bond motifs is 2. The number of aromatic nitrogens is 3. The molecule has 0 bridgehead atoms. The molecule has 0 fully saturated rings. The second-order valence-electron chi connectivity index (χ2n) is 8.84. The van der Waals surface area contributed by atoms with Gasteiger partial charge in [-0.1, -0.05) is 42.5 Å². The van der Waals surface area contributed by atoms with Gasteiger partial charge in [-0.25, -0.2) is 4.68 Å². The summed E-state index contributed by atoms with van der Waals surface area (Å²) in [4.78, 5) is 15.8. The maximum absolute atomic E-state index is 13.9. The Morgan fingerprint density at radius 1 is 0.971 bits per heavy atom. The van der Waals surface area contributed by atoms with Crippen molar-refractivity contribution >= 4 is 16.7 Å². The number of aryl methyl sites for hydroxylation is 1. The predicted octanol–water partition coefficient (Wildman–Crippen LogP) is 5.68. The van der Waals surface area contributed by atoms with Gasteiger partial charge in [0.2, 0.25) is 0 Å². The SMILES string of the molecule is CCOc1ccc2ccccc2c1C(=O)N1Cc2nn(-c3cccc(C)c3)c(-n3cccc3)c2C1. The Labute approximate surface area is 204 Å². The van der Waals surface area contributed by atoms with Crippen molar-refractivity contribution in [3.63, 3.8) is 0 Å². The van der Waals surface area contributed by atoms with Crippen molar-refractivity contribution in [1.82, 2.24) is 19.2 Å². The van der Waals surface area contributed by atoms with Crippen molar-refractivity contribution in [3.05, 3.63) is 108 Å². The summed E-state index contributed by atoms with van der Waals surface area (Å²) in [6.07, 6.45) is 4.04. The Morgan fingerprint density at radius 2 is 1.80 bits per heavy atom. The number of carbonyl (C=O) groups is 1. The van der Waals surface area contributed by atoms with Crippen molar-refractivity contribution in [1.29, 1.82) is 0 Å². The molecule has 6 rings (SSSR count). The van der Waals surface area contributed by atoms with Crippen LogP contribution in [0.25, 0.3) is 22.3 Å². The second-order valence-corrected chi connectivity index (χ2v) is 8.84. The molecule has 3 aromatic carbocycles. The fraction of sp³-hybridized carbons (Fsp3) is 0.172. The van der Waals surface area contributed by atoms with Crippen LogP contribution in [-0.4, -0.2) is 31.8 Å². The normalized spacial score (nSPS) is 12.8. The number of rotatable bonds is 5. The summed E-state index contributed by atoms with van der Waals surface area (Å²) in [6, 6.07) is 24.2. The monoisotopic (exact) mass is 462 g/mol. The maximum Gasteiger partial charge on any atom is 0.258 e. The van der Waals surface area contributed by atoms with Gasteiger partial charge in [0.15, 0.2) is 0 Å². The van der Waals surface area contributed by atoms with Crippen LogP contribution in [0.3, 0.4) is 0 Å². The third-order valence-electron chi connectivity index (χ3n) is 6.52. The van der Waals surface area contributed by atoms with E-state index in [9.17, 15) is 4.79 Å². The molecule has 0 spiro atoms. The molecule has 0 N–H and O–H groups in total. The number of nitrogens with zero attached hydrogens (tertiary/aromatic N) is 4. The van der Waals surface area contributed by atoms with Crippen molar-refractivity contribution < 1.29 is 9.53 Å². The maximum atomic E-state index is 13.9. The molecule has 1 aliphatic rings. The zero-order valence-electron chi connectivity index (χ0n) is 19.8. The van der Waals surface area contributed by atoms with Crippen molar-refractivity contribution in [2.75, 3.05) is 6.61 Å². The molecule has 174 valence electrons. The highest BCUT2D eigenvalue weighted by atomic mass is 16.5. The summed E-state index contributed by atoms with van der Waals surface area (Å²) >= 11 is 0. The lowest BCUT2D eigenvalue weighted by Gasteiger charge is -2.20. The first kappa shape index (κ1) is 21.2. The van der Waals surface area contributed by atoms with Crippen LogP contribution >= 0.6 is 0 Å². The van der Waals surface area contributed by atoms with E-state index in [0.717, 1.165) is 33.5 Å². The van der Waals surface area contributed by atoms with Gasteiger partial charge in [-0.05, 0) is 60.5 Å². The average Bonchev–Trinajstić information content (AvgIpc) is 3.60. The average molecular weight is 463 g/mol. The smallest absolute Gasteiger partial charge is 0.258 e. The van der Waals surface area contributed by atoms with Crippen LogP contribution < -0.4 is 4.74 Å². The Hall–Kier alpha value is -4.32. The van der Waals surface area contributed by atoms with E-state index in [1.165, 1.54) is 5.56 Å². The van der Waals surface area contributed by atoms with Gasteiger partial charge in [-0.15, -0.1) is 0 Å². The van der Waals surface area contributed by atoms with E-state index >= 15 is 0 Å². The minimum atomic E-state index is -0.0381. The standard InChI is InChI=1S/C29H26N4O2/c1-3-35-26-14-13-21-10-4-5-12-23(21)27(26)29(34)32-18-24-25(19-32)30-33(22-11-8-9-20(2)17-22)28(24)31-15-6-7-16-31/h4-17H,3,18-19H2,1-2H3. The van der Waals surface area contributed by atoms with Crippen molar-refractivity contribution in [2.24, 2.45) is 0 Å². The largest absolute Gasteiger partial charge is 0.493 e. The second kappa shape index (κ2) is 8.47. The van der Waals surface area contributed by atoms with Crippen LogP contribution in [0.2, 0.25) is 0 Å². The molecule has 2 aromatic heterocycles. The Morgan fingerprint density at radius 3 is 2.60 bits per heavy atom. The van der Waals surface area contributed by atoms with E-state index in [2.05, 4.69) is 29.7 Å². The van der Waals surface area contributed by atoms with E-state index in [1.54, 1.807) is 0 Å². The molecule has 1 aliphatic heterocycles. The number of hydrogen-bond acceptors (Lipinski definition) is 3. The summed E-state index contributed by atoms with van der Waals surface area (Å²) in [5, 5.41) is 6.90. The Bertz CT molecular complexity index is 1550. The summed E-state index contributed by atoms with van der Waals surface area (Å²) < 4.78 is 9.95. The minimum absolute atomic E-state index is 0.0381. The highest BCUT2D eigenvalue weighted by Crippen LogP contribution is 2.35. The molecule has 5 aromatic rings. The zero-order valence-corrected chi connectivity index (χ0v) is 19.8. The van der Waals surface area contributed by atoms with E-state index < -0.39 is 0 Å². The predicted molar refractivity (Wildman–Crippen MR) is 136 cm³/mol. The van der Waals surface area contributed by atoms with Crippen LogP contribution in [0.1, 0.15) is 34.1 Å². The van der Waals surface area contributed by atoms with Crippen LogP contribution in [-0.2, 0) is 13.1 Å². The summed E-state index contributed by atoms with van der Waals surface area (Å²) in [6.45, 7) is 5.46. The van der Waals surface area contributed by atoms with Crippen LogP contribution in [0, 0.1) is 6.92 Å². The van der Waals surface area contributed by atoms with Gasteiger partial charge in [-0.2, -0.15) is 5.10 Å². The molecule has 0 saturated heterocycles. The lowest BCUT2D eigenvalue weighted by molar-refractivity contribution is 0.0747. The van der Waals surface area contributed by atoms with E-state index in [1.807, 2.05) is 83.5 Å². The molecule has 6 nitrogen and oxygen atoms in total. The van der Waals surface area contributed by atoms with Crippen molar-refractivity contribution in [2.45, 2.75) is 26.9 Å². The molecule has 0 aliphatic carbocycles. The Balaban J connectivity index is 1.42. The third kappa shape index (κ3) is 3.58. The first-order valence-corrected chi connectivity index (χ1v) is 11.9. The highest BCUT2D eigenvalue weighted by molar-refractivity contribution is 6.09. The lowest BCUT2D eigenvalue weighted by atomic mass is 10.0. The molecule has 3 heterocycles. The van der Waals surface area contributed by atoms with Gasteiger partial charge in [0, 0.05) is 18.0 Å². The van der Waals surface area contributed by atoms with Crippen LogP contribution in [0.15, 0.2) is 85.2 Å².